The van der Waals surface area contributed by atoms with Crippen LogP contribution in [0.2, 0.25) is 0 Å². The van der Waals surface area contributed by atoms with E-state index in [0.717, 1.165) is 4.70 Å². The van der Waals surface area contributed by atoms with E-state index in [0.29, 0.717) is 27.4 Å². The molecule has 0 atom stereocenters. The highest BCUT2D eigenvalue weighted by Crippen LogP contribution is 2.23. The average Bonchev–Trinajstić information content (AvgIpc) is 2.91. The molecule has 3 rings (SSSR count). The number of thiazole rings is 1. The topological polar surface area (TPSA) is 52.8 Å². The number of nitrogens with zero attached hydrogens (tertiary/aromatic N) is 2. The molecule has 0 aliphatic rings. The number of aryl methyl sites for hydroxylation is 1. The predicted molar refractivity (Wildman–Crippen MR) is 90.2 cm³/mol. The maximum atomic E-state index is 13.9. The van der Waals surface area contributed by atoms with Gasteiger partial charge in [-0.05, 0) is 24.3 Å². The molecule has 0 unspecified atom stereocenters. The highest BCUT2D eigenvalue weighted by atomic mass is 32.1. The third-order valence-electron chi connectivity index (χ3n) is 3.57. The number of benzene rings is 2. The van der Waals surface area contributed by atoms with E-state index in [1.54, 1.807) is 41.9 Å². The van der Waals surface area contributed by atoms with Gasteiger partial charge in [0.1, 0.15) is 17.3 Å². The Morgan fingerprint density at radius 1 is 1.17 bits per heavy atom. The van der Waals surface area contributed by atoms with Crippen molar-refractivity contribution in [1.29, 1.82) is 0 Å². The minimum atomic E-state index is -0.449. The minimum Gasteiger partial charge on any atom is -0.497 e. The zero-order valence-corrected chi connectivity index (χ0v) is 14.2. The summed E-state index contributed by atoms with van der Waals surface area (Å²) in [5.41, 5.74) is 0.765. The quantitative estimate of drug-likeness (QED) is 0.732. The number of methoxy groups -OCH3 is 2. The number of fused-ring (bicyclic) bond motifs is 1. The number of hydrogen-bond donors (Lipinski definition) is 0. The molecule has 0 aliphatic heterocycles. The summed E-state index contributed by atoms with van der Waals surface area (Å²) in [6.45, 7) is 0. The summed E-state index contributed by atoms with van der Waals surface area (Å²) in [5.74, 6) is 0.206. The number of rotatable bonds is 3. The van der Waals surface area contributed by atoms with E-state index in [2.05, 4.69) is 4.99 Å². The molecule has 0 saturated heterocycles. The summed E-state index contributed by atoms with van der Waals surface area (Å²) in [5, 5.41) is 0. The fourth-order valence-electron chi connectivity index (χ4n) is 2.35. The van der Waals surface area contributed by atoms with Gasteiger partial charge in [0.2, 0.25) is 0 Å². The van der Waals surface area contributed by atoms with Crippen LogP contribution in [-0.4, -0.2) is 24.7 Å². The van der Waals surface area contributed by atoms with E-state index in [-0.39, 0.29) is 5.82 Å². The second kappa shape index (κ2) is 6.45. The number of ether oxygens (including phenoxy) is 2. The lowest BCUT2D eigenvalue weighted by Crippen LogP contribution is -2.13. The van der Waals surface area contributed by atoms with Crippen molar-refractivity contribution in [2.75, 3.05) is 14.2 Å². The van der Waals surface area contributed by atoms with Crippen LogP contribution in [0.25, 0.3) is 10.2 Å². The van der Waals surface area contributed by atoms with Gasteiger partial charge in [-0.3, -0.25) is 4.79 Å². The van der Waals surface area contributed by atoms with Gasteiger partial charge in [-0.2, -0.15) is 4.99 Å². The Kier molecular flexibility index (Phi) is 4.35. The monoisotopic (exact) mass is 346 g/mol. The van der Waals surface area contributed by atoms with Gasteiger partial charge in [0.25, 0.3) is 5.91 Å². The van der Waals surface area contributed by atoms with Crippen LogP contribution in [0.4, 0.5) is 4.39 Å². The largest absolute Gasteiger partial charge is 0.497 e. The van der Waals surface area contributed by atoms with E-state index in [1.807, 2.05) is 0 Å². The summed E-state index contributed by atoms with van der Waals surface area (Å²) in [7, 11) is 4.70. The molecule has 1 amide bonds. The van der Waals surface area contributed by atoms with Gasteiger partial charge in [-0.25, -0.2) is 4.39 Å². The van der Waals surface area contributed by atoms with Crippen LogP contribution in [0.3, 0.4) is 0 Å². The summed E-state index contributed by atoms with van der Waals surface area (Å²) >= 11 is 1.25. The van der Waals surface area contributed by atoms with Crippen LogP contribution < -0.4 is 14.3 Å². The molecule has 0 spiro atoms. The maximum Gasteiger partial charge on any atom is 0.279 e. The number of aromatic nitrogens is 1. The van der Waals surface area contributed by atoms with Crippen LogP contribution >= 0.6 is 11.3 Å². The summed E-state index contributed by atoms with van der Waals surface area (Å²) in [6, 6.07) is 9.65. The normalized spacial score (nSPS) is 11.8. The van der Waals surface area contributed by atoms with E-state index >= 15 is 0 Å². The van der Waals surface area contributed by atoms with Crippen molar-refractivity contribution in [2.24, 2.45) is 12.0 Å². The Labute approximate surface area is 141 Å². The highest BCUT2D eigenvalue weighted by Gasteiger charge is 2.12. The lowest BCUT2D eigenvalue weighted by Gasteiger charge is -2.05. The van der Waals surface area contributed by atoms with Crippen molar-refractivity contribution in [3.05, 3.63) is 52.6 Å². The van der Waals surface area contributed by atoms with Crippen molar-refractivity contribution in [3.8, 4) is 11.5 Å². The van der Waals surface area contributed by atoms with Gasteiger partial charge < -0.3 is 14.0 Å². The number of carbonyl (C=O) groups excluding carboxylic acids is 1. The first-order valence-electron chi connectivity index (χ1n) is 7.09. The van der Waals surface area contributed by atoms with E-state index in [9.17, 15) is 9.18 Å². The molecule has 1 aromatic heterocycles. The van der Waals surface area contributed by atoms with Crippen molar-refractivity contribution < 1.29 is 18.7 Å². The Hall–Kier alpha value is -2.67. The van der Waals surface area contributed by atoms with Crippen molar-refractivity contribution >= 4 is 27.5 Å². The summed E-state index contributed by atoms with van der Waals surface area (Å²) < 4.78 is 26.6. The first kappa shape index (κ1) is 16.2. The van der Waals surface area contributed by atoms with Crippen LogP contribution in [0.1, 0.15) is 10.4 Å². The Morgan fingerprint density at radius 3 is 2.42 bits per heavy atom. The Bertz CT molecular complexity index is 969. The fraction of sp³-hybridized carbons (Fsp3) is 0.176. The molecule has 7 heteroatoms. The van der Waals surface area contributed by atoms with Gasteiger partial charge in [-0.1, -0.05) is 17.4 Å². The maximum absolute atomic E-state index is 13.9. The molecule has 0 aliphatic carbocycles. The first-order chi connectivity index (χ1) is 11.5. The average molecular weight is 346 g/mol. The van der Waals surface area contributed by atoms with Crippen LogP contribution in [0.5, 0.6) is 11.5 Å². The molecule has 124 valence electrons. The number of amides is 1. The summed E-state index contributed by atoms with van der Waals surface area (Å²) in [4.78, 5) is 17.0. The molecule has 3 aromatic rings. The predicted octanol–water partition coefficient (Wildman–Crippen LogP) is 3.14. The molecular weight excluding hydrogens is 331 g/mol. The second-order valence-electron chi connectivity index (χ2n) is 5.05. The third kappa shape index (κ3) is 2.90. The van der Waals surface area contributed by atoms with Crippen molar-refractivity contribution in [2.45, 2.75) is 0 Å². The van der Waals surface area contributed by atoms with Gasteiger partial charge in [0.05, 0.1) is 24.4 Å². The molecule has 0 N–H and O–H groups in total. The molecule has 5 nitrogen and oxygen atoms in total. The smallest absolute Gasteiger partial charge is 0.279 e. The number of halogens is 1. The highest BCUT2D eigenvalue weighted by molar-refractivity contribution is 7.16. The Balaban J connectivity index is 2.11. The SMILES string of the molecule is COc1cc(OC)cc(C(=O)N=c2sc3cccc(F)c3n2C)c1. The molecule has 1 heterocycles. The van der Waals surface area contributed by atoms with E-state index < -0.39 is 5.91 Å². The standard InChI is InChI=1S/C17H15FN2O3S/c1-20-15-13(18)5-4-6-14(15)24-17(20)19-16(21)10-7-11(22-2)9-12(8-10)23-3/h4-9H,1-3H3. The zero-order valence-electron chi connectivity index (χ0n) is 13.4. The van der Waals surface area contributed by atoms with Crippen LogP contribution in [-0.2, 0) is 7.05 Å². The van der Waals surface area contributed by atoms with Crippen LogP contribution in [0.15, 0.2) is 41.4 Å². The lowest BCUT2D eigenvalue weighted by molar-refractivity contribution is 0.0997. The van der Waals surface area contributed by atoms with Crippen LogP contribution in [0, 0.1) is 5.82 Å². The van der Waals surface area contributed by atoms with Gasteiger partial charge in [0, 0.05) is 18.7 Å². The van der Waals surface area contributed by atoms with Gasteiger partial charge >= 0.3 is 0 Å². The molecule has 0 fully saturated rings. The van der Waals surface area contributed by atoms with Gasteiger partial charge in [-0.15, -0.1) is 0 Å². The van der Waals surface area contributed by atoms with Crippen molar-refractivity contribution in [3.63, 3.8) is 0 Å². The third-order valence-corrected chi connectivity index (χ3v) is 4.67. The zero-order chi connectivity index (χ0) is 17.3. The Morgan fingerprint density at radius 2 is 1.83 bits per heavy atom. The summed E-state index contributed by atoms with van der Waals surface area (Å²) in [6.07, 6.45) is 0. The first-order valence-corrected chi connectivity index (χ1v) is 7.91. The molecule has 2 aromatic carbocycles. The van der Waals surface area contributed by atoms with Gasteiger partial charge in [0.15, 0.2) is 4.80 Å². The van der Waals surface area contributed by atoms with E-state index in [1.165, 1.54) is 31.6 Å². The number of hydrogen-bond acceptors (Lipinski definition) is 4. The number of carbonyl (C=O) groups is 1. The molecule has 0 saturated carbocycles. The van der Waals surface area contributed by atoms with Crippen molar-refractivity contribution in [1.82, 2.24) is 4.57 Å². The lowest BCUT2D eigenvalue weighted by atomic mass is 10.2. The molecule has 24 heavy (non-hydrogen) atoms. The molecular formula is C17H15FN2O3S. The molecule has 0 bridgehead atoms. The fourth-order valence-corrected chi connectivity index (χ4v) is 3.38. The molecule has 0 radical (unpaired) electrons. The van der Waals surface area contributed by atoms with E-state index in [4.69, 9.17) is 9.47 Å². The second-order valence-corrected chi connectivity index (χ2v) is 6.06. The minimum absolute atomic E-state index is 0.337. The number of para-hydroxylation sites is 1.